The van der Waals surface area contributed by atoms with E-state index in [-0.39, 0.29) is 6.23 Å². The molecule has 1 heterocycles. The summed E-state index contributed by atoms with van der Waals surface area (Å²) < 4.78 is 0. The van der Waals surface area contributed by atoms with Gasteiger partial charge in [0.25, 0.3) is 0 Å². The van der Waals surface area contributed by atoms with E-state index < -0.39 is 0 Å². The smallest absolute Gasteiger partial charge is 0.125 e. The van der Waals surface area contributed by atoms with Crippen LogP contribution < -0.4 is 0 Å². The number of aliphatic hydroxyl groups is 1. The fraction of sp³-hybridized carbons (Fsp3) is 0.950. The van der Waals surface area contributed by atoms with Gasteiger partial charge in [0.2, 0.25) is 0 Å². The third kappa shape index (κ3) is 10.0. The summed E-state index contributed by atoms with van der Waals surface area (Å²) in [5.74, 6) is 1.13. The number of hydrogen-bond donors (Lipinski definition) is 1. The molecule has 0 bridgehead atoms. The lowest BCUT2D eigenvalue weighted by molar-refractivity contribution is 0.0766. The second-order valence-electron chi connectivity index (χ2n) is 7.12. The number of aliphatic hydroxyl groups excluding tert-OH is 1. The first-order chi connectivity index (χ1) is 11.3. The maximum Gasteiger partial charge on any atom is 0.125 e. The van der Waals surface area contributed by atoms with Gasteiger partial charge in [0.15, 0.2) is 0 Å². The van der Waals surface area contributed by atoms with Gasteiger partial charge in [-0.05, 0) is 13.3 Å². The molecular weight excluding hydrogens is 284 g/mol. The van der Waals surface area contributed by atoms with Gasteiger partial charge in [0.05, 0.1) is 6.54 Å². The van der Waals surface area contributed by atoms with Crippen molar-refractivity contribution < 1.29 is 5.11 Å². The lowest BCUT2D eigenvalue weighted by Gasteiger charge is -2.23. The highest BCUT2D eigenvalue weighted by atomic mass is 16.3. The third-order valence-electron chi connectivity index (χ3n) is 4.92. The van der Waals surface area contributed by atoms with Crippen molar-refractivity contribution >= 4 is 5.84 Å². The molecule has 0 saturated carbocycles. The summed E-state index contributed by atoms with van der Waals surface area (Å²) in [6.45, 7) is 5.87. The van der Waals surface area contributed by atoms with E-state index in [0.29, 0.717) is 0 Å². The predicted octanol–water partition coefficient (Wildman–Crippen LogP) is 5.52. The molecule has 3 nitrogen and oxygen atoms in total. The summed E-state index contributed by atoms with van der Waals surface area (Å²) in [5.41, 5.74) is 0. The summed E-state index contributed by atoms with van der Waals surface area (Å²) in [7, 11) is 0. The Bertz CT molecular complexity index is 302. The molecule has 1 rings (SSSR count). The second kappa shape index (κ2) is 13.8. The van der Waals surface area contributed by atoms with E-state index in [4.69, 9.17) is 0 Å². The van der Waals surface area contributed by atoms with Crippen molar-refractivity contribution in [2.75, 3.05) is 13.1 Å². The van der Waals surface area contributed by atoms with Crippen molar-refractivity contribution in [1.29, 1.82) is 0 Å². The number of unbranched alkanes of at least 4 members (excludes halogenated alkanes) is 12. The van der Waals surface area contributed by atoms with Crippen molar-refractivity contribution in [3.05, 3.63) is 0 Å². The first-order valence-corrected chi connectivity index (χ1v) is 10.2. The van der Waals surface area contributed by atoms with Gasteiger partial charge < -0.3 is 10.0 Å². The zero-order valence-electron chi connectivity index (χ0n) is 15.7. The Balaban J connectivity index is 1.82. The lowest BCUT2D eigenvalue weighted by Crippen LogP contribution is -2.35. The molecule has 3 heteroatoms. The van der Waals surface area contributed by atoms with Crippen LogP contribution in [0.15, 0.2) is 4.99 Å². The van der Waals surface area contributed by atoms with Gasteiger partial charge in [0, 0.05) is 13.0 Å². The van der Waals surface area contributed by atoms with Gasteiger partial charge in [-0.1, -0.05) is 84.0 Å². The summed E-state index contributed by atoms with van der Waals surface area (Å²) in [6.07, 6.45) is 18.8. The van der Waals surface area contributed by atoms with E-state index in [1.54, 1.807) is 0 Å². The summed E-state index contributed by atoms with van der Waals surface area (Å²) in [5, 5.41) is 9.67. The van der Waals surface area contributed by atoms with Crippen LogP contribution in [-0.2, 0) is 0 Å². The van der Waals surface area contributed by atoms with E-state index in [9.17, 15) is 5.11 Å². The highest BCUT2D eigenvalue weighted by Crippen LogP contribution is 2.15. The van der Waals surface area contributed by atoms with Crippen LogP contribution in [0.1, 0.15) is 104 Å². The van der Waals surface area contributed by atoms with Gasteiger partial charge in [0.1, 0.15) is 12.1 Å². The molecule has 1 unspecified atom stereocenters. The minimum atomic E-state index is -0.377. The Kier molecular flexibility index (Phi) is 12.3. The first-order valence-electron chi connectivity index (χ1n) is 10.2. The molecule has 136 valence electrons. The van der Waals surface area contributed by atoms with Gasteiger partial charge in [-0.15, -0.1) is 0 Å². The third-order valence-corrected chi connectivity index (χ3v) is 4.92. The van der Waals surface area contributed by atoms with Gasteiger partial charge in [-0.2, -0.15) is 0 Å². The molecule has 0 spiro atoms. The van der Waals surface area contributed by atoms with Crippen molar-refractivity contribution in [3.8, 4) is 0 Å². The highest BCUT2D eigenvalue weighted by Gasteiger charge is 2.19. The van der Waals surface area contributed by atoms with Crippen LogP contribution in [0.2, 0.25) is 0 Å². The molecule has 0 aromatic rings. The van der Waals surface area contributed by atoms with E-state index in [1.165, 1.54) is 83.5 Å². The standard InChI is InChI=1S/C20H40N2O/c1-3-4-5-6-7-8-9-10-11-12-13-14-15-16-20-21-17-18-22(20)19(2)23/h19,23H,3-18H2,1-2H3. The molecule has 0 saturated heterocycles. The SMILES string of the molecule is CCCCCCCCCCCCCCCC1=NCCN1C(C)O. The molecule has 23 heavy (non-hydrogen) atoms. The van der Waals surface area contributed by atoms with Crippen molar-refractivity contribution in [2.24, 2.45) is 4.99 Å². The minimum Gasteiger partial charge on any atom is -0.374 e. The number of aliphatic imine (C=N–C) groups is 1. The molecule has 1 aliphatic heterocycles. The molecule has 1 N–H and O–H groups in total. The Morgan fingerprint density at radius 3 is 1.83 bits per heavy atom. The van der Waals surface area contributed by atoms with Gasteiger partial charge >= 0.3 is 0 Å². The largest absolute Gasteiger partial charge is 0.374 e. The minimum absolute atomic E-state index is 0.377. The van der Waals surface area contributed by atoms with Gasteiger partial charge in [-0.3, -0.25) is 4.99 Å². The number of amidine groups is 1. The van der Waals surface area contributed by atoms with Gasteiger partial charge in [-0.25, -0.2) is 0 Å². The van der Waals surface area contributed by atoms with Crippen LogP contribution in [0.3, 0.4) is 0 Å². The fourth-order valence-corrected chi connectivity index (χ4v) is 3.43. The number of nitrogens with zero attached hydrogens (tertiary/aromatic N) is 2. The molecule has 1 aliphatic rings. The Hall–Kier alpha value is -0.570. The first kappa shape index (κ1) is 20.5. The average Bonchev–Trinajstić information content (AvgIpc) is 3.00. The van der Waals surface area contributed by atoms with Crippen LogP contribution in [0.25, 0.3) is 0 Å². The van der Waals surface area contributed by atoms with Crippen LogP contribution in [0.5, 0.6) is 0 Å². The predicted molar refractivity (Wildman–Crippen MR) is 101 cm³/mol. The molecule has 0 amide bonds. The maximum atomic E-state index is 9.67. The normalized spacial score (nSPS) is 16.0. The molecule has 0 aromatic heterocycles. The summed E-state index contributed by atoms with van der Waals surface area (Å²) >= 11 is 0. The lowest BCUT2D eigenvalue weighted by atomic mass is 10.0. The quantitative estimate of drug-likeness (QED) is 0.403. The Morgan fingerprint density at radius 1 is 0.870 bits per heavy atom. The van der Waals surface area contributed by atoms with Crippen LogP contribution in [0, 0.1) is 0 Å². The van der Waals surface area contributed by atoms with E-state index in [2.05, 4.69) is 11.9 Å². The molecular formula is C20H40N2O. The van der Waals surface area contributed by atoms with Crippen LogP contribution in [-0.4, -0.2) is 35.2 Å². The van der Waals surface area contributed by atoms with Crippen LogP contribution in [0.4, 0.5) is 0 Å². The molecule has 0 aliphatic carbocycles. The molecule has 0 fully saturated rings. The fourth-order valence-electron chi connectivity index (χ4n) is 3.43. The average molecular weight is 325 g/mol. The van der Waals surface area contributed by atoms with E-state index in [1.807, 2.05) is 11.8 Å². The number of rotatable bonds is 15. The molecule has 1 atom stereocenters. The maximum absolute atomic E-state index is 9.67. The summed E-state index contributed by atoms with van der Waals surface area (Å²) in [6, 6.07) is 0. The second-order valence-corrected chi connectivity index (χ2v) is 7.12. The zero-order valence-corrected chi connectivity index (χ0v) is 15.7. The Labute approximate surface area is 144 Å². The highest BCUT2D eigenvalue weighted by molar-refractivity contribution is 5.83. The number of hydrogen-bond acceptors (Lipinski definition) is 3. The monoisotopic (exact) mass is 324 g/mol. The van der Waals surface area contributed by atoms with E-state index >= 15 is 0 Å². The van der Waals surface area contributed by atoms with Crippen molar-refractivity contribution in [1.82, 2.24) is 4.90 Å². The van der Waals surface area contributed by atoms with Crippen molar-refractivity contribution in [2.45, 2.75) is 110 Å². The Morgan fingerprint density at radius 2 is 1.35 bits per heavy atom. The van der Waals surface area contributed by atoms with E-state index in [0.717, 1.165) is 25.3 Å². The zero-order chi connectivity index (χ0) is 16.8. The van der Waals surface area contributed by atoms with Crippen LogP contribution >= 0.6 is 0 Å². The molecule has 0 radical (unpaired) electrons. The topological polar surface area (TPSA) is 35.8 Å². The molecule has 0 aromatic carbocycles. The summed E-state index contributed by atoms with van der Waals surface area (Å²) in [4.78, 5) is 6.56. The van der Waals surface area contributed by atoms with Crippen molar-refractivity contribution in [3.63, 3.8) is 0 Å².